The van der Waals surface area contributed by atoms with Gasteiger partial charge < -0.3 is 177 Å². The molecule has 0 atom stereocenters. The van der Waals surface area contributed by atoms with Crippen molar-refractivity contribution >= 4 is 45.1 Å². The molecule has 1 saturated heterocycles. The third-order valence-electron chi connectivity index (χ3n) is 19.2. The van der Waals surface area contributed by atoms with Crippen LogP contribution in [0.4, 0.5) is 11.5 Å². The summed E-state index contributed by atoms with van der Waals surface area (Å²) in [6.07, 6.45) is 3.65. The van der Waals surface area contributed by atoms with Gasteiger partial charge in [0.2, 0.25) is 5.91 Å². The third kappa shape index (κ3) is 75.4. The van der Waals surface area contributed by atoms with Crippen LogP contribution in [-0.4, -0.2) is 519 Å². The van der Waals surface area contributed by atoms with Crippen molar-refractivity contribution in [3.63, 3.8) is 0 Å². The van der Waals surface area contributed by atoms with Crippen molar-refractivity contribution in [3.05, 3.63) is 24.0 Å². The fraction of sp³-hybridized carbons (Fsp3) is 0.870. The number of hydrogen-bond donors (Lipinski definition) is 2. The smallest absolute Gasteiger partial charge is 0.225 e. The Hall–Kier alpha value is -4.52. The van der Waals surface area contributed by atoms with E-state index in [9.17, 15) is 9.59 Å². The second kappa shape index (κ2) is 96.0. The van der Waals surface area contributed by atoms with E-state index in [0.29, 0.717) is 448 Å². The van der Waals surface area contributed by atoms with Gasteiger partial charge in [0.15, 0.2) is 0 Å². The molecule has 42 nitrogen and oxygen atoms in total. The molecule has 0 unspecified atom stereocenters. The van der Waals surface area contributed by atoms with E-state index < -0.39 is 0 Å². The molecule has 3 aromatic rings. The van der Waals surface area contributed by atoms with Gasteiger partial charge in [-0.15, -0.1) is 0 Å². The molecule has 1 fully saturated rings. The SMILES string of the molecule is CCCCc1nc2c([nH]1)c(N)nc1ccc(N3CCN(CCOCCN(CCOCCOCCOCCOCCOCCOCCOCCOCCC(C)=O)C(=O)CCOCCOCCOCCOCCOCCOCCOCCOCCOCCOCCOCCOCCOCCOCCOCCOCCOCCOCCOCCOCCOCCOCCOCCOC)CC3)cc12. The van der Waals surface area contributed by atoms with Crippen molar-refractivity contribution in [2.24, 2.45) is 0 Å². The van der Waals surface area contributed by atoms with Crippen LogP contribution in [0.5, 0.6) is 0 Å². The molecule has 0 bridgehead atoms. The Labute approximate surface area is 795 Å². The second-order valence-electron chi connectivity index (χ2n) is 29.7. The van der Waals surface area contributed by atoms with Crippen molar-refractivity contribution in [3.8, 4) is 0 Å². The normalized spacial score (nSPS) is 12.7. The van der Waals surface area contributed by atoms with Crippen molar-refractivity contribution in [2.45, 2.75) is 46.0 Å². The number of aromatic amines is 1. The van der Waals surface area contributed by atoms with Gasteiger partial charge in [-0.25, -0.2) is 9.97 Å². The number of aromatic nitrogens is 3. The number of H-pyrrole nitrogens is 1. The first kappa shape index (κ1) is 122. The summed E-state index contributed by atoms with van der Waals surface area (Å²) in [5.74, 6) is 1.48. The van der Waals surface area contributed by atoms with Gasteiger partial charge in [-0.05, 0) is 31.5 Å². The second-order valence-corrected chi connectivity index (χ2v) is 29.7. The Morgan fingerprint density at radius 2 is 0.582 bits per heavy atom. The average Bonchev–Trinajstić information content (AvgIpc) is 1.60. The van der Waals surface area contributed by atoms with Gasteiger partial charge in [0.05, 0.1) is 441 Å². The monoisotopic (exact) mass is 1930 g/mol. The van der Waals surface area contributed by atoms with E-state index >= 15 is 0 Å². The Bertz CT molecular complexity index is 3010. The number of hydrogen-bond acceptors (Lipinski definition) is 40. The number of aryl methyl sites for hydroxylation is 1. The first-order valence-electron chi connectivity index (χ1n) is 48.2. The summed E-state index contributed by atoms with van der Waals surface area (Å²) in [6.45, 7) is 38.8. The molecule has 1 aromatic carbocycles. The van der Waals surface area contributed by atoms with Crippen LogP contribution < -0.4 is 10.6 Å². The molecule has 0 spiro atoms. The molecule has 782 valence electrons. The maximum atomic E-state index is 13.6. The molecule has 3 heterocycles. The summed E-state index contributed by atoms with van der Waals surface area (Å²) in [6, 6.07) is 6.35. The largest absolute Gasteiger partial charge is 0.382 e. The zero-order valence-electron chi connectivity index (χ0n) is 81.3. The fourth-order valence-corrected chi connectivity index (χ4v) is 12.0. The number of benzene rings is 1. The standard InChI is InChI=1S/C92H169N7O35/c1-4-5-6-88-95-90-86-83-85(7-8-87(86)94-92(93)91(90)96-88)98-13-11-97(12-14-98)15-20-105-21-16-99(17-22-106-27-30-110-35-38-114-43-46-118-51-49-116-44-41-112-36-33-108-28-25-103-18-9-84(2)100)89(101)10-19-104-26-29-109-34-37-113-42-45-117-50-52-120-55-56-122-59-60-124-63-64-126-67-68-128-71-72-130-75-76-132-79-80-134-82-81-133-78-77-131-74-73-129-70-69-127-66-65-125-62-61-123-58-57-121-54-53-119-48-47-115-40-39-111-32-31-107-24-23-102-3/h7-8,83H,4-6,9-82H2,1-3H3,(H2,93,94)(H,95,96). The summed E-state index contributed by atoms with van der Waals surface area (Å²) in [5.41, 5.74) is 10.0. The van der Waals surface area contributed by atoms with Crippen LogP contribution in [0.3, 0.4) is 0 Å². The molecule has 1 aliphatic rings. The quantitative estimate of drug-likeness (QED) is 0.0763. The summed E-state index contributed by atoms with van der Waals surface area (Å²) in [5, 5.41) is 1.00. The predicted octanol–water partition coefficient (Wildman–Crippen LogP) is 3.53. The van der Waals surface area contributed by atoms with Gasteiger partial charge in [0, 0.05) is 76.8 Å². The minimum absolute atomic E-state index is 0.0447. The number of carbonyl (C=O) groups excluding carboxylic acids is 2. The number of pyridine rings is 1. The lowest BCUT2D eigenvalue weighted by atomic mass is 10.1. The number of rotatable bonds is 109. The van der Waals surface area contributed by atoms with Crippen molar-refractivity contribution in [1.29, 1.82) is 0 Å². The number of methoxy groups -OCH3 is 1. The van der Waals surface area contributed by atoms with E-state index in [2.05, 4.69) is 38.8 Å². The van der Waals surface area contributed by atoms with E-state index in [1.54, 1.807) is 18.9 Å². The molecule has 0 radical (unpaired) electrons. The van der Waals surface area contributed by atoms with Crippen LogP contribution in [0.1, 0.15) is 45.4 Å². The molecule has 134 heavy (non-hydrogen) atoms. The van der Waals surface area contributed by atoms with Gasteiger partial charge in [-0.1, -0.05) is 13.3 Å². The van der Waals surface area contributed by atoms with Crippen LogP contribution in [0.2, 0.25) is 0 Å². The molecule has 2 aromatic heterocycles. The maximum Gasteiger partial charge on any atom is 0.225 e. The highest BCUT2D eigenvalue weighted by atomic mass is 16.6. The van der Waals surface area contributed by atoms with Crippen LogP contribution in [0.15, 0.2) is 18.2 Å². The van der Waals surface area contributed by atoms with Gasteiger partial charge >= 0.3 is 0 Å². The minimum Gasteiger partial charge on any atom is -0.382 e. The number of piperazine rings is 1. The molecule has 4 rings (SSSR count). The highest BCUT2D eigenvalue weighted by molar-refractivity contribution is 6.07. The lowest BCUT2D eigenvalue weighted by Crippen LogP contribution is -2.47. The molecule has 0 saturated carbocycles. The summed E-state index contributed by atoms with van der Waals surface area (Å²) in [4.78, 5) is 44.1. The van der Waals surface area contributed by atoms with Crippen molar-refractivity contribution in [1.82, 2.24) is 24.8 Å². The topological polar surface area (TPSA) is 416 Å². The molecule has 0 aliphatic carbocycles. The molecular weight excluding hydrogens is 1760 g/mol. The van der Waals surface area contributed by atoms with E-state index in [4.69, 9.17) is 167 Å². The summed E-state index contributed by atoms with van der Waals surface area (Å²) >= 11 is 0. The Kier molecular flexibility index (Phi) is 87.2. The number of ketones is 1. The molecular formula is C92H169N7O35. The fourth-order valence-electron chi connectivity index (χ4n) is 12.0. The van der Waals surface area contributed by atoms with Crippen molar-refractivity contribution < 1.29 is 166 Å². The van der Waals surface area contributed by atoms with E-state index in [-0.39, 0.29) is 24.7 Å². The summed E-state index contributed by atoms with van der Waals surface area (Å²) < 4.78 is 183. The first-order valence-corrected chi connectivity index (χ1v) is 48.2. The highest BCUT2D eigenvalue weighted by Crippen LogP contribution is 2.30. The number of anilines is 2. The lowest BCUT2D eigenvalue weighted by Gasteiger charge is -2.36. The number of Topliss-reactive ketones (excluding diaryl/α,β-unsaturated/α-hetero) is 1. The average molecular weight is 1930 g/mol. The van der Waals surface area contributed by atoms with Gasteiger partial charge in [0.1, 0.15) is 28.5 Å². The van der Waals surface area contributed by atoms with Crippen LogP contribution in [0, 0.1) is 0 Å². The van der Waals surface area contributed by atoms with Crippen LogP contribution >= 0.6 is 0 Å². The van der Waals surface area contributed by atoms with Gasteiger partial charge in [-0.2, -0.15) is 0 Å². The highest BCUT2D eigenvalue weighted by Gasteiger charge is 2.21. The Morgan fingerprint density at radius 1 is 0.328 bits per heavy atom. The number of ether oxygens (including phenoxy) is 33. The van der Waals surface area contributed by atoms with Gasteiger partial charge in [0.25, 0.3) is 0 Å². The lowest BCUT2D eigenvalue weighted by molar-refractivity contribution is -0.134. The van der Waals surface area contributed by atoms with E-state index in [1.165, 1.54) is 0 Å². The summed E-state index contributed by atoms with van der Waals surface area (Å²) in [7, 11) is 1.64. The minimum atomic E-state index is -0.0447. The Balaban J connectivity index is 0.839. The number of nitrogens with one attached hydrogen (secondary N) is 1. The number of amides is 1. The van der Waals surface area contributed by atoms with Gasteiger partial charge in [-0.3, -0.25) is 14.5 Å². The van der Waals surface area contributed by atoms with Crippen LogP contribution in [-0.2, 0) is 172 Å². The zero-order valence-corrected chi connectivity index (χ0v) is 81.3. The van der Waals surface area contributed by atoms with E-state index in [0.717, 1.165) is 85.4 Å². The molecule has 1 aliphatic heterocycles. The number of nitrogens with two attached hydrogens (primary N) is 1. The van der Waals surface area contributed by atoms with E-state index in [1.807, 2.05) is 6.07 Å². The molecule has 42 heteroatoms. The molecule has 3 N–H and O–H groups in total. The number of nitrogens with zero attached hydrogens (tertiary/aromatic N) is 5. The number of unbranched alkanes of at least 4 members (excludes halogenated alkanes) is 1. The number of imidazole rings is 1. The number of nitrogen functional groups attached to an aromatic ring is 1. The number of fused-ring (bicyclic) bond motifs is 3. The number of carbonyl (C=O) groups is 2. The third-order valence-corrected chi connectivity index (χ3v) is 19.2. The predicted molar refractivity (Wildman–Crippen MR) is 498 cm³/mol. The first-order chi connectivity index (χ1) is 66.4. The van der Waals surface area contributed by atoms with Crippen LogP contribution in [0.25, 0.3) is 21.9 Å². The molecule has 1 amide bonds. The Morgan fingerprint density at radius 3 is 0.851 bits per heavy atom. The van der Waals surface area contributed by atoms with Crippen molar-refractivity contribution in [2.75, 3.05) is 493 Å². The zero-order chi connectivity index (χ0) is 95.0. The maximum absolute atomic E-state index is 13.6.